The first kappa shape index (κ1) is 15.8. The number of hydrogen-bond acceptors (Lipinski definition) is 1. The number of hydrogen-bond donors (Lipinski definition) is 1. The molecule has 1 aromatic rings. The third-order valence-corrected chi connectivity index (χ3v) is 4.42. The van der Waals surface area contributed by atoms with Crippen LogP contribution in [0.1, 0.15) is 52.5 Å². The fourth-order valence-corrected chi connectivity index (χ4v) is 4.11. The molecule has 3 heteroatoms. The molecule has 112 valence electrons. The summed E-state index contributed by atoms with van der Waals surface area (Å²) in [6, 6.07) is 5.46. The summed E-state index contributed by atoms with van der Waals surface area (Å²) >= 11 is 5.82. The van der Waals surface area contributed by atoms with Crippen molar-refractivity contribution in [1.82, 2.24) is 5.32 Å². The standard InChI is InChI=1S/C17H25ClFN/c1-16(2)8-13(9-17(3,4)11-16)20-10-12-5-6-15(19)14(18)7-12/h5-7,13,20H,8-11H2,1-4H3. The lowest BCUT2D eigenvalue weighted by molar-refractivity contribution is 0.0845. The Morgan fingerprint density at radius 3 is 2.35 bits per heavy atom. The summed E-state index contributed by atoms with van der Waals surface area (Å²) in [5.41, 5.74) is 1.79. The largest absolute Gasteiger partial charge is 0.310 e. The summed E-state index contributed by atoms with van der Waals surface area (Å²) in [6.07, 6.45) is 3.64. The van der Waals surface area contributed by atoms with E-state index in [0.717, 1.165) is 12.1 Å². The predicted molar refractivity (Wildman–Crippen MR) is 83.5 cm³/mol. The van der Waals surface area contributed by atoms with Crippen LogP contribution in [-0.4, -0.2) is 6.04 Å². The lowest BCUT2D eigenvalue weighted by Crippen LogP contribution is -2.43. The second-order valence-corrected chi connectivity index (χ2v) is 8.15. The molecule has 0 aliphatic heterocycles. The molecular formula is C17H25ClFN. The van der Waals surface area contributed by atoms with E-state index in [9.17, 15) is 4.39 Å². The van der Waals surface area contributed by atoms with E-state index in [4.69, 9.17) is 11.6 Å². The minimum absolute atomic E-state index is 0.202. The van der Waals surface area contributed by atoms with Gasteiger partial charge in [-0.2, -0.15) is 0 Å². The Balaban J connectivity index is 1.98. The number of benzene rings is 1. The topological polar surface area (TPSA) is 12.0 Å². The van der Waals surface area contributed by atoms with Gasteiger partial charge in [-0.05, 0) is 47.8 Å². The monoisotopic (exact) mass is 297 g/mol. The van der Waals surface area contributed by atoms with Crippen molar-refractivity contribution in [2.45, 2.75) is 59.5 Å². The highest BCUT2D eigenvalue weighted by molar-refractivity contribution is 6.30. The molecule has 0 heterocycles. The van der Waals surface area contributed by atoms with Gasteiger partial charge in [0.15, 0.2) is 0 Å². The first-order chi connectivity index (χ1) is 9.17. The normalized spacial score (nSPS) is 21.9. The van der Waals surface area contributed by atoms with Crippen LogP contribution in [0.4, 0.5) is 4.39 Å². The van der Waals surface area contributed by atoms with Crippen molar-refractivity contribution < 1.29 is 4.39 Å². The van der Waals surface area contributed by atoms with Gasteiger partial charge in [-0.3, -0.25) is 0 Å². The Kier molecular flexibility index (Phi) is 4.46. The van der Waals surface area contributed by atoms with Gasteiger partial charge in [0.1, 0.15) is 5.82 Å². The third kappa shape index (κ3) is 4.20. The van der Waals surface area contributed by atoms with E-state index in [1.807, 2.05) is 0 Å². The van der Waals surface area contributed by atoms with Crippen molar-refractivity contribution in [3.63, 3.8) is 0 Å². The fraction of sp³-hybridized carbons (Fsp3) is 0.647. The average Bonchev–Trinajstić information content (AvgIpc) is 2.27. The number of nitrogens with one attached hydrogen (secondary N) is 1. The maximum atomic E-state index is 13.1. The molecule has 20 heavy (non-hydrogen) atoms. The maximum absolute atomic E-state index is 13.1. The first-order valence-corrected chi connectivity index (χ1v) is 7.72. The van der Waals surface area contributed by atoms with E-state index < -0.39 is 0 Å². The molecule has 1 aliphatic carbocycles. The molecule has 0 aromatic heterocycles. The molecule has 0 unspecified atom stereocenters. The van der Waals surface area contributed by atoms with Crippen molar-refractivity contribution >= 4 is 11.6 Å². The predicted octanol–water partition coefficient (Wildman–Crippen LogP) is 5.17. The molecule has 0 radical (unpaired) electrons. The molecule has 1 nitrogen and oxygen atoms in total. The Morgan fingerprint density at radius 2 is 1.80 bits per heavy atom. The summed E-state index contributed by atoms with van der Waals surface area (Å²) in [5.74, 6) is -0.352. The van der Waals surface area contributed by atoms with Crippen LogP contribution in [0.5, 0.6) is 0 Å². The van der Waals surface area contributed by atoms with Crippen LogP contribution >= 0.6 is 11.6 Å². The molecule has 0 spiro atoms. The summed E-state index contributed by atoms with van der Waals surface area (Å²) in [6.45, 7) is 10.1. The summed E-state index contributed by atoms with van der Waals surface area (Å²) in [5, 5.41) is 3.82. The van der Waals surface area contributed by atoms with Gasteiger partial charge in [-0.25, -0.2) is 4.39 Å². The zero-order valence-corrected chi connectivity index (χ0v) is 13.6. The van der Waals surface area contributed by atoms with E-state index in [0.29, 0.717) is 16.9 Å². The number of halogens is 2. The molecule has 1 fully saturated rings. The van der Waals surface area contributed by atoms with Gasteiger partial charge in [0.25, 0.3) is 0 Å². The second kappa shape index (κ2) is 5.65. The van der Waals surface area contributed by atoms with Crippen molar-refractivity contribution in [3.8, 4) is 0 Å². The van der Waals surface area contributed by atoms with Gasteiger partial charge >= 0.3 is 0 Å². The van der Waals surface area contributed by atoms with Crippen LogP contribution in [0.15, 0.2) is 18.2 Å². The van der Waals surface area contributed by atoms with Crippen LogP contribution in [0.3, 0.4) is 0 Å². The van der Waals surface area contributed by atoms with E-state index >= 15 is 0 Å². The minimum atomic E-state index is -0.352. The zero-order valence-electron chi connectivity index (χ0n) is 12.9. The smallest absolute Gasteiger partial charge is 0.141 e. The van der Waals surface area contributed by atoms with Gasteiger partial charge in [0.05, 0.1) is 5.02 Å². The van der Waals surface area contributed by atoms with Crippen LogP contribution in [0.25, 0.3) is 0 Å². The molecule has 0 amide bonds. The lowest BCUT2D eigenvalue weighted by Gasteiger charge is -2.45. The molecule has 1 aliphatic rings. The quantitative estimate of drug-likeness (QED) is 0.811. The highest BCUT2D eigenvalue weighted by Crippen LogP contribution is 2.45. The number of rotatable bonds is 3. The van der Waals surface area contributed by atoms with Crippen molar-refractivity contribution in [2.24, 2.45) is 10.8 Å². The van der Waals surface area contributed by atoms with E-state index in [1.165, 1.54) is 25.3 Å². The molecule has 0 bridgehead atoms. The van der Waals surface area contributed by atoms with Crippen LogP contribution < -0.4 is 5.32 Å². The van der Waals surface area contributed by atoms with Gasteiger partial charge in [0.2, 0.25) is 0 Å². The average molecular weight is 298 g/mol. The Hall–Kier alpha value is -0.600. The van der Waals surface area contributed by atoms with E-state index in [1.54, 1.807) is 12.1 Å². The SMILES string of the molecule is CC1(C)CC(NCc2ccc(F)c(Cl)c2)CC(C)(C)C1. The summed E-state index contributed by atoms with van der Waals surface area (Å²) < 4.78 is 13.1. The summed E-state index contributed by atoms with van der Waals surface area (Å²) in [4.78, 5) is 0. The third-order valence-electron chi connectivity index (χ3n) is 4.13. The van der Waals surface area contributed by atoms with Gasteiger partial charge in [0, 0.05) is 12.6 Å². The molecule has 1 aromatic carbocycles. The highest BCUT2D eigenvalue weighted by atomic mass is 35.5. The molecule has 0 atom stereocenters. The maximum Gasteiger partial charge on any atom is 0.141 e. The van der Waals surface area contributed by atoms with Crippen molar-refractivity contribution in [3.05, 3.63) is 34.6 Å². The molecule has 1 N–H and O–H groups in total. The van der Waals surface area contributed by atoms with E-state index in [-0.39, 0.29) is 10.8 Å². The highest BCUT2D eigenvalue weighted by Gasteiger charge is 2.38. The van der Waals surface area contributed by atoms with Gasteiger partial charge < -0.3 is 5.32 Å². The van der Waals surface area contributed by atoms with Crippen LogP contribution in [0.2, 0.25) is 5.02 Å². The van der Waals surface area contributed by atoms with Gasteiger partial charge in [-0.15, -0.1) is 0 Å². The van der Waals surface area contributed by atoms with Crippen molar-refractivity contribution in [1.29, 1.82) is 0 Å². The van der Waals surface area contributed by atoms with Gasteiger partial charge in [-0.1, -0.05) is 45.4 Å². The fourth-order valence-electron chi connectivity index (χ4n) is 3.90. The zero-order chi connectivity index (χ0) is 15.0. The Labute approximate surface area is 126 Å². The molecule has 1 saturated carbocycles. The molecule has 0 saturated heterocycles. The van der Waals surface area contributed by atoms with E-state index in [2.05, 4.69) is 33.0 Å². The minimum Gasteiger partial charge on any atom is -0.310 e. The molecule has 2 rings (SSSR count). The van der Waals surface area contributed by atoms with Crippen LogP contribution in [0, 0.1) is 16.6 Å². The second-order valence-electron chi connectivity index (χ2n) is 7.74. The van der Waals surface area contributed by atoms with Crippen molar-refractivity contribution in [2.75, 3.05) is 0 Å². The lowest BCUT2D eigenvalue weighted by atomic mass is 9.63. The molecular weight excluding hydrogens is 273 g/mol. The Morgan fingerprint density at radius 1 is 1.20 bits per heavy atom. The first-order valence-electron chi connectivity index (χ1n) is 7.34. The Bertz CT molecular complexity index is 466. The van der Waals surface area contributed by atoms with Crippen LogP contribution in [-0.2, 0) is 6.54 Å². The summed E-state index contributed by atoms with van der Waals surface area (Å²) in [7, 11) is 0.